The summed E-state index contributed by atoms with van der Waals surface area (Å²) in [5.74, 6) is 0.212. The predicted molar refractivity (Wildman–Crippen MR) is 94.6 cm³/mol. The molecule has 1 spiro atoms. The quantitative estimate of drug-likeness (QED) is 0.901. The monoisotopic (exact) mass is 315 g/mol. The van der Waals surface area contributed by atoms with E-state index in [1.165, 1.54) is 18.4 Å². The highest BCUT2D eigenvalue weighted by Gasteiger charge is 2.42. The van der Waals surface area contributed by atoms with Crippen molar-refractivity contribution in [3.63, 3.8) is 0 Å². The van der Waals surface area contributed by atoms with Gasteiger partial charge in [0.1, 0.15) is 5.54 Å². The van der Waals surface area contributed by atoms with Crippen molar-refractivity contribution < 1.29 is 4.79 Å². The molecular weight excluding hydrogens is 286 g/mol. The van der Waals surface area contributed by atoms with Gasteiger partial charge in [0.15, 0.2) is 0 Å². The second-order valence-electron chi connectivity index (χ2n) is 7.87. The largest absolute Gasteiger partial charge is 0.372 e. The molecule has 0 bridgehead atoms. The van der Waals surface area contributed by atoms with Crippen LogP contribution in [0.3, 0.4) is 0 Å². The van der Waals surface area contributed by atoms with E-state index >= 15 is 0 Å². The highest BCUT2D eigenvalue weighted by atomic mass is 16.2. The zero-order valence-electron chi connectivity index (χ0n) is 14.6. The third-order valence-corrected chi connectivity index (χ3v) is 5.32. The first-order chi connectivity index (χ1) is 10.9. The van der Waals surface area contributed by atoms with Gasteiger partial charge in [0.25, 0.3) is 0 Å². The fourth-order valence-electron chi connectivity index (χ4n) is 3.97. The first kappa shape index (κ1) is 16.3. The number of carbonyl (C=O) groups is 1. The number of hydrogen-bond donors (Lipinski definition) is 2. The van der Waals surface area contributed by atoms with Crippen molar-refractivity contribution in [3.05, 3.63) is 29.8 Å². The fraction of sp³-hybridized carbons (Fsp3) is 0.632. The van der Waals surface area contributed by atoms with E-state index in [1.807, 2.05) is 26.0 Å². The van der Waals surface area contributed by atoms with Gasteiger partial charge in [0.2, 0.25) is 5.91 Å². The van der Waals surface area contributed by atoms with E-state index in [1.54, 1.807) is 0 Å². The van der Waals surface area contributed by atoms with Gasteiger partial charge in [-0.25, -0.2) is 0 Å². The number of anilines is 1. The smallest absolute Gasteiger partial charge is 0.247 e. The van der Waals surface area contributed by atoms with Gasteiger partial charge in [0, 0.05) is 30.7 Å². The zero-order valence-corrected chi connectivity index (χ0v) is 14.6. The molecule has 1 aromatic rings. The van der Waals surface area contributed by atoms with Crippen molar-refractivity contribution in [3.8, 4) is 0 Å². The predicted octanol–water partition coefficient (Wildman–Crippen LogP) is 2.79. The molecule has 2 saturated heterocycles. The summed E-state index contributed by atoms with van der Waals surface area (Å²) >= 11 is 0. The summed E-state index contributed by atoms with van der Waals surface area (Å²) < 4.78 is 0. The van der Waals surface area contributed by atoms with E-state index in [0.717, 1.165) is 38.3 Å². The number of carbonyl (C=O) groups excluding carboxylic acids is 1. The summed E-state index contributed by atoms with van der Waals surface area (Å²) in [5, 5.41) is 6.89. The molecule has 1 aromatic carbocycles. The maximum Gasteiger partial charge on any atom is 0.247 e. The van der Waals surface area contributed by atoms with Gasteiger partial charge in [-0.3, -0.25) is 4.79 Å². The first-order valence-electron chi connectivity index (χ1n) is 8.75. The molecule has 2 fully saturated rings. The van der Waals surface area contributed by atoms with Crippen LogP contribution in [0.25, 0.3) is 0 Å². The summed E-state index contributed by atoms with van der Waals surface area (Å²) in [4.78, 5) is 15.2. The Hall–Kier alpha value is -1.55. The Morgan fingerprint density at radius 1 is 1.26 bits per heavy atom. The van der Waals surface area contributed by atoms with E-state index in [2.05, 4.69) is 34.6 Å². The standard InChI is InChI=1S/C19H29N3O/c1-15-5-7-16(8-6-15)21-18(2,3)17(23)22-12-4-9-19(14-22)10-11-20-13-19/h5-8,20-21H,4,9-14H2,1-3H3/t19-/m0/s1. The van der Waals surface area contributed by atoms with Crippen LogP contribution in [-0.4, -0.2) is 42.5 Å². The summed E-state index contributed by atoms with van der Waals surface area (Å²) in [7, 11) is 0. The van der Waals surface area contributed by atoms with E-state index < -0.39 is 5.54 Å². The molecule has 0 aromatic heterocycles. The number of piperidine rings is 1. The molecule has 2 aliphatic heterocycles. The lowest BCUT2D eigenvalue weighted by atomic mass is 9.79. The van der Waals surface area contributed by atoms with Gasteiger partial charge in [-0.15, -0.1) is 0 Å². The Bertz CT molecular complexity index is 558. The molecule has 2 N–H and O–H groups in total. The van der Waals surface area contributed by atoms with E-state index in [4.69, 9.17) is 0 Å². The Labute approximate surface area is 139 Å². The normalized spacial score (nSPS) is 24.9. The summed E-state index contributed by atoms with van der Waals surface area (Å²) in [6, 6.07) is 8.23. The molecular formula is C19H29N3O. The number of rotatable bonds is 3. The number of likely N-dealkylation sites (tertiary alicyclic amines) is 1. The van der Waals surface area contributed by atoms with Gasteiger partial charge >= 0.3 is 0 Å². The second kappa shape index (κ2) is 6.16. The molecule has 2 heterocycles. The van der Waals surface area contributed by atoms with Crippen molar-refractivity contribution in [1.82, 2.24) is 10.2 Å². The van der Waals surface area contributed by atoms with Crippen molar-refractivity contribution in [2.24, 2.45) is 5.41 Å². The molecule has 126 valence electrons. The lowest BCUT2D eigenvalue weighted by Crippen LogP contribution is -2.55. The van der Waals surface area contributed by atoms with Crippen LogP contribution in [0, 0.1) is 12.3 Å². The number of nitrogens with zero attached hydrogens (tertiary/aromatic N) is 1. The average molecular weight is 315 g/mol. The van der Waals surface area contributed by atoms with E-state index in [9.17, 15) is 4.79 Å². The molecule has 4 heteroatoms. The summed E-state index contributed by atoms with van der Waals surface area (Å²) in [6.07, 6.45) is 3.56. The zero-order chi connectivity index (χ0) is 16.5. The van der Waals surface area contributed by atoms with Crippen molar-refractivity contribution >= 4 is 11.6 Å². The van der Waals surface area contributed by atoms with Crippen molar-refractivity contribution in [2.75, 3.05) is 31.5 Å². The number of nitrogens with one attached hydrogen (secondary N) is 2. The summed E-state index contributed by atoms with van der Waals surface area (Å²) in [6.45, 7) is 9.99. The van der Waals surface area contributed by atoms with Crippen LogP contribution in [0.1, 0.15) is 38.7 Å². The molecule has 1 amide bonds. The number of hydrogen-bond acceptors (Lipinski definition) is 3. The third kappa shape index (κ3) is 3.52. The van der Waals surface area contributed by atoms with Crippen LogP contribution >= 0.6 is 0 Å². The minimum Gasteiger partial charge on any atom is -0.372 e. The minimum atomic E-state index is -0.584. The van der Waals surface area contributed by atoms with Gasteiger partial charge in [-0.2, -0.15) is 0 Å². The maximum absolute atomic E-state index is 13.1. The van der Waals surface area contributed by atoms with E-state index in [-0.39, 0.29) is 5.91 Å². The van der Waals surface area contributed by atoms with Gasteiger partial charge in [0.05, 0.1) is 0 Å². The maximum atomic E-state index is 13.1. The Balaban J connectivity index is 1.69. The van der Waals surface area contributed by atoms with Crippen LogP contribution in [0.4, 0.5) is 5.69 Å². The highest BCUT2D eigenvalue weighted by Crippen LogP contribution is 2.36. The highest BCUT2D eigenvalue weighted by molar-refractivity contribution is 5.88. The number of aryl methyl sites for hydroxylation is 1. The Morgan fingerprint density at radius 3 is 2.65 bits per heavy atom. The molecule has 0 unspecified atom stereocenters. The molecule has 3 rings (SSSR count). The van der Waals surface area contributed by atoms with Gasteiger partial charge in [-0.1, -0.05) is 17.7 Å². The Morgan fingerprint density at radius 2 is 2.00 bits per heavy atom. The molecule has 4 nitrogen and oxygen atoms in total. The SMILES string of the molecule is Cc1ccc(NC(C)(C)C(=O)N2CCC[C@@]3(CCNC3)C2)cc1. The number of benzene rings is 1. The average Bonchev–Trinajstić information content (AvgIpc) is 2.96. The Kier molecular flexibility index (Phi) is 4.37. The van der Waals surface area contributed by atoms with Crippen LogP contribution in [0.2, 0.25) is 0 Å². The van der Waals surface area contributed by atoms with E-state index in [0.29, 0.717) is 5.41 Å². The minimum absolute atomic E-state index is 0.212. The van der Waals surface area contributed by atoms with Gasteiger partial charge in [-0.05, 0) is 58.7 Å². The van der Waals surface area contributed by atoms with Gasteiger partial charge < -0.3 is 15.5 Å². The fourth-order valence-corrected chi connectivity index (χ4v) is 3.97. The molecule has 23 heavy (non-hydrogen) atoms. The van der Waals surface area contributed by atoms with Crippen LogP contribution in [0.15, 0.2) is 24.3 Å². The topological polar surface area (TPSA) is 44.4 Å². The van der Waals surface area contributed by atoms with Crippen molar-refractivity contribution in [2.45, 2.75) is 45.6 Å². The number of amides is 1. The first-order valence-corrected chi connectivity index (χ1v) is 8.75. The third-order valence-electron chi connectivity index (χ3n) is 5.32. The molecule has 2 aliphatic rings. The van der Waals surface area contributed by atoms with Crippen LogP contribution in [-0.2, 0) is 4.79 Å². The van der Waals surface area contributed by atoms with Crippen LogP contribution < -0.4 is 10.6 Å². The lowest BCUT2D eigenvalue weighted by Gasteiger charge is -2.43. The second-order valence-corrected chi connectivity index (χ2v) is 7.87. The molecule has 0 saturated carbocycles. The van der Waals surface area contributed by atoms with Crippen molar-refractivity contribution in [1.29, 1.82) is 0 Å². The summed E-state index contributed by atoms with van der Waals surface area (Å²) in [5.41, 5.74) is 1.96. The molecule has 0 radical (unpaired) electrons. The molecule has 1 atom stereocenters. The lowest BCUT2D eigenvalue weighted by molar-refractivity contribution is -0.138. The van der Waals surface area contributed by atoms with Crippen LogP contribution in [0.5, 0.6) is 0 Å². The molecule has 0 aliphatic carbocycles.